The summed E-state index contributed by atoms with van der Waals surface area (Å²) >= 11 is 0. The zero-order valence-electron chi connectivity index (χ0n) is 17.8. The van der Waals surface area contributed by atoms with Crippen molar-refractivity contribution in [2.75, 3.05) is 41.8 Å². The van der Waals surface area contributed by atoms with Crippen LogP contribution in [0.4, 0.5) is 23.1 Å². The molecule has 2 fully saturated rings. The summed E-state index contributed by atoms with van der Waals surface area (Å²) in [6.07, 6.45) is 1.94. The molecule has 1 saturated carbocycles. The van der Waals surface area contributed by atoms with Crippen LogP contribution in [0.15, 0.2) is 36.4 Å². The Hall–Kier alpha value is -3.66. The molecular formula is C22H25N7O3. The number of benzene rings is 1. The van der Waals surface area contributed by atoms with Gasteiger partial charge in [0.15, 0.2) is 5.82 Å². The summed E-state index contributed by atoms with van der Waals surface area (Å²) in [7, 11) is 0. The Morgan fingerprint density at radius 2 is 1.91 bits per heavy atom. The SMILES string of the molecule is Cc1cc(Nc2cc(N3CCOCC3)nc(Oc3ccc(NC(=O)C4CC4)cc3)n2)n[nH]1. The Bertz CT molecular complexity index is 1090. The first kappa shape index (κ1) is 20.3. The molecule has 5 rings (SSSR count). The van der Waals surface area contributed by atoms with Gasteiger partial charge in [0, 0.05) is 42.5 Å². The minimum Gasteiger partial charge on any atom is -0.424 e. The van der Waals surface area contributed by atoms with Gasteiger partial charge in [-0.15, -0.1) is 0 Å². The van der Waals surface area contributed by atoms with E-state index >= 15 is 0 Å². The molecule has 1 saturated heterocycles. The number of aromatic amines is 1. The molecule has 1 amide bonds. The molecule has 3 N–H and O–H groups in total. The number of hydrogen-bond acceptors (Lipinski definition) is 8. The maximum atomic E-state index is 11.9. The molecule has 166 valence electrons. The molecule has 10 heteroatoms. The van der Waals surface area contributed by atoms with E-state index in [9.17, 15) is 4.79 Å². The molecule has 0 radical (unpaired) electrons. The van der Waals surface area contributed by atoms with Gasteiger partial charge in [-0.3, -0.25) is 9.89 Å². The summed E-state index contributed by atoms with van der Waals surface area (Å²) in [5.74, 6) is 2.81. The number of amides is 1. The highest BCUT2D eigenvalue weighted by molar-refractivity contribution is 5.94. The predicted molar refractivity (Wildman–Crippen MR) is 120 cm³/mol. The van der Waals surface area contributed by atoms with Crippen LogP contribution in [0.5, 0.6) is 11.8 Å². The quantitative estimate of drug-likeness (QED) is 0.518. The number of rotatable bonds is 7. The predicted octanol–water partition coefficient (Wildman–Crippen LogP) is 3.23. The van der Waals surface area contributed by atoms with E-state index < -0.39 is 0 Å². The zero-order chi connectivity index (χ0) is 21.9. The first-order chi connectivity index (χ1) is 15.6. The van der Waals surface area contributed by atoms with Crippen molar-refractivity contribution >= 4 is 29.0 Å². The molecule has 0 bridgehead atoms. The third-order valence-electron chi connectivity index (χ3n) is 5.27. The fourth-order valence-corrected chi connectivity index (χ4v) is 3.39. The monoisotopic (exact) mass is 435 g/mol. The molecular weight excluding hydrogens is 410 g/mol. The van der Waals surface area contributed by atoms with E-state index in [1.54, 1.807) is 12.1 Å². The van der Waals surface area contributed by atoms with Crippen molar-refractivity contribution in [2.45, 2.75) is 19.8 Å². The van der Waals surface area contributed by atoms with Crippen molar-refractivity contribution < 1.29 is 14.3 Å². The van der Waals surface area contributed by atoms with Crippen molar-refractivity contribution in [3.8, 4) is 11.8 Å². The van der Waals surface area contributed by atoms with Gasteiger partial charge in [-0.25, -0.2) is 0 Å². The summed E-state index contributed by atoms with van der Waals surface area (Å²) in [6, 6.07) is 11.2. The smallest absolute Gasteiger partial charge is 0.325 e. The first-order valence-corrected chi connectivity index (χ1v) is 10.7. The third kappa shape index (κ3) is 4.97. The fourth-order valence-electron chi connectivity index (χ4n) is 3.39. The van der Waals surface area contributed by atoms with Gasteiger partial charge in [0.1, 0.15) is 17.4 Å². The standard InChI is InChI=1S/C22H25N7O3/c1-14-12-19(28-27-14)24-18-13-20(29-8-10-31-11-9-29)26-22(25-18)32-17-6-4-16(5-7-17)23-21(30)15-2-3-15/h4-7,12-13,15H,2-3,8-11H2,1H3,(H,23,30)(H2,24,25,26,27,28). The van der Waals surface area contributed by atoms with Crippen LogP contribution < -0.4 is 20.3 Å². The molecule has 3 aromatic rings. The Kier molecular flexibility index (Phi) is 5.59. The van der Waals surface area contributed by atoms with Crippen LogP contribution >= 0.6 is 0 Å². The van der Waals surface area contributed by atoms with E-state index in [2.05, 4.69) is 35.7 Å². The summed E-state index contributed by atoms with van der Waals surface area (Å²) in [4.78, 5) is 23.2. The lowest BCUT2D eigenvalue weighted by atomic mass is 10.3. The summed E-state index contributed by atoms with van der Waals surface area (Å²) in [5, 5.41) is 13.2. The number of aromatic nitrogens is 4. The van der Waals surface area contributed by atoms with E-state index in [4.69, 9.17) is 9.47 Å². The van der Waals surface area contributed by atoms with Crippen molar-refractivity contribution in [1.82, 2.24) is 20.2 Å². The number of morpholine rings is 1. The Balaban J connectivity index is 1.35. The van der Waals surface area contributed by atoms with Crippen LogP contribution in [0.1, 0.15) is 18.5 Å². The molecule has 1 aliphatic carbocycles. The topological polar surface area (TPSA) is 117 Å². The molecule has 10 nitrogen and oxygen atoms in total. The van der Waals surface area contributed by atoms with Gasteiger partial charge in [-0.05, 0) is 44.0 Å². The largest absolute Gasteiger partial charge is 0.424 e. The highest BCUT2D eigenvalue weighted by Gasteiger charge is 2.29. The second kappa shape index (κ2) is 8.83. The van der Waals surface area contributed by atoms with Crippen molar-refractivity contribution in [3.63, 3.8) is 0 Å². The normalized spacial score (nSPS) is 16.0. The molecule has 0 atom stereocenters. The van der Waals surface area contributed by atoms with E-state index in [0.717, 1.165) is 43.1 Å². The summed E-state index contributed by atoms with van der Waals surface area (Å²) in [6.45, 7) is 4.72. The van der Waals surface area contributed by atoms with Crippen LogP contribution in [0, 0.1) is 12.8 Å². The van der Waals surface area contributed by atoms with Gasteiger partial charge < -0.3 is 25.0 Å². The Morgan fingerprint density at radius 3 is 2.59 bits per heavy atom. The van der Waals surface area contributed by atoms with Crippen molar-refractivity contribution in [2.24, 2.45) is 5.92 Å². The number of ether oxygens (including phenoxy) is 2. The molecule has 1 aliphatic heterocycles. The first-order valence-electron chi connectivity index (χ1n) is 10.7. The van der Waals surface area contributed by atoms with Crippen LogP contribution in [-0.4, -0.2) is 52.4 Å². The Labute approximate surface area is 185 Å². The van der Waals surface area contributed by atoms with Gasteiger partial charge in [-0.1, -0.05) is 0 Å². The van der Waals surface area contributed by atoms with E-state index in [1.165, 1.54) is 0 Å². The number of carbonyl (C=O) groups excluding carboxylic acids is 1. The number of nitrogens with zero attached hydrogens (tertiary/aromatic N) is 4. The molecule has 2 aromatic heterocycles. The molecule has 0 spiro atoms. The summed E-state index contributed by atoms with van der Waals surface area (Å²) < 4.78 is 11.4. The van der Waals surface area contributed by atoms with E-state index in [-0.39, 0.29) is 17.8 Å². The number of aryl methyl sites for hydroxylation is 1. The average molecular weight is 435 g/mol. The van der Waals surface area contributed by atoms with Gasteiger partial charge >= 0.3 is 6.01 Å². The van der Waals surface area contributed by atoms with E-state index in [0.29, 0.717) is 30.6 Å². The van der Waals surface area contributed by atoms with Crippen LogP contribution in [-0.2, 0) is 9.53 Å². The van der Waals surface area contributed by atoms with Gasteiger partial charge in [-0.2, -0.15) is 15.1 Å². The molecule has 0 unspecified atom stereocenters. The van der Waals surface area contributed by atoms with Crippen molar-refractivity contribution in [1.29, 1.82) is 0 Å². The lowest BCUT2D eigenvalue weighted by molar-refractivity contribution is -0.117. The number of carbonyl (C=O) groups is 1. The minimum absolute atomic E-state index is 0.0736. The van der Waals surface area contributed by atoms with Crippen LogP contribution in [0.3, 0.4) is 0 Å². The minimum atomic E-state index is 0.0736. The maximum absolute atomic E-state index is 11.9. The highest BCUT2D eigenvalue weighted by atomic mass is 16.5. The van der Waals surface area contributed by atoms with Gasteiger partial charge in [0.05, 0.1) is 13.2 Å². The number of hydrogen-bond donors (Lipinski definition) is 3. The van der Waals surface area contributed by atoms with E-state index in [1.807, 2.05) is 31.2 Å². The molecule has 3 heterocycles. The van der Waals surface area contributed by atoms with Crippen molar-refractivity contribution in [3.05, 3.63) is 42.1 Å². The molecule has 2 aliphatic rings. The summed E-state index contributed by atoms with van der Waals surface area (Å²) in [5.41, 5.74) is 1.69. The number of H-pyrrole nitrogens is 1. The number of nitrogens with one attached hydrogen (secondary N) is 3. The lowest BCUT2D eigenvalue weighted by Crippen LogP contribution is -2.36. The van der Waals surface area contributed by atoms with Crippen LogP contribution in [0.25, 0.3) is 0 Å². The zero-order valence-corrected chi connectivity index (χ0v) is 17.8. The lowest BCUT2D eigenvalue weighted by Gasteiger charge is -2.28. The van der Waals surface area contributed by atoms with Crippen LogP contribution in [0.2, 0.25) is 0 Å². The maximum Gasteiger partial charge on any atom is 0.325 e. The van der Waals surface area contributed by atoms with Gasteiger partial charge in [0.25, 0.3) is 0 Å². The average Bonchev–Trinajstić information content (AvgIpc) is 3.58. The second-order valence-electron chi connectivity index (χ2n) is 7.94. The third-order valence-corrected chi connectivity index (χ3v) is 5.27. The van der Waals surface area contributed by atoms with Gasteiger partial charge in [0.2, 0.25) is 5.91 Å². The molecule has 1 aromatic carbocycles. The Morgan fingerprint density at radius 1 is 1.12 bits per heavy atom. The fraction of sp³-hybridized carbons (Fsp3) is 0.364. The molecule has 32 heavy (non-hydrogen) atoms. The second-order valence-corrected chi connectivity index (χ2v) is 7.94. The highest BCUT2D eigenvalue weighted by Crippen LogP contribution is 2.31. The number of anilines is 4.